The van der Waals surface area contributed by atoms with Crippen LogP contribution in [-0.2, 0) is 19.1 Å². The number of unbranched alkanes of at least 4 members (excludes halogenated alkanes) is 8. The molecule has 0 N–H and O–H groups in total. The number of carbonyl (C=O) groups excluding carboxylic acids is 2. The minimum absolute atomic E-state index is 0.00993. The van der Waals surface area contributed by atoms with Gasteiger partial charge in [0.05, 0.1) is 19.1 Å². The summed E-state index contributed by atoms with van der Waals surface area (Å²) < 4.78 is 10.6. The number of hydrogen-bond acceptors (Lipinski definition) is 4. The van der Waals surface area contributed by atoms with Gasteiger partial charge in [0, 0.05) is 6.42 Å². The molecule has 4 nitrogen and oxygen atoms in total. The van der Waals surface area contributed by atoms with Gasteiger partial charge in [0.25, 0.3) is 0 Å². The lowest BCUT2D eigenvalue weighted by Crippen LogP contribution is -2.23. The fourth-order valence-corrected chi connectivity index (χ4v) is 3.07. The van der Waals surface area contributed by atoms with Crippen LogP contribution in [0.15, 0.2) is 0 Å². The molecule has 0 rings (SSSR count). The Hall–Kier alpha value is -1.06. The van der Waals surface area contributed by atoms with Gasteiger partial charge in [0.2, 0.25) is 0 Å². The molecule has 27 heavy (non-hydrogen) atoms. The molecule has 0 aromatic heterocycles. The number of esters is 2. The van der Waals surface area contributed by atoms with Gasteiger partial charge in [-0.3, -0.25) is 9.59 Å². The van der Waals surface area contributed by atoms with E-state index in [2.05, 4.69) is 27.7 Å². The van der Waals surface area contributed by atoms with Crippen molar-refractivity contribution in [2.75, 3.05) is 13.2 Å². The standard InChI is InChI=1S/C23H44O4/c1-5-7-18-26-22(24)17-15-13-11-9-10-12-14-16-21(20(3)4)23(25)27-19-8-6-2/h20-21H,5-19H2,1-4H3. The van der Waals surface area contributed by atoms with Gasteiger partial charge in [-0.25, -0.2) is 0 Å². The summed E-state index contributed by atoms with van der Waals surface area (Å²) in [6, 6.07) is 0. The Morgan fingerprint density at radius 2 is 1.22 bits per heavy atom. The quantitative estimate of drug-likeness (QED) is 0.201. The average Bonchev–Trinajstić information content (AvgIpc) is 2.63. The summed E-state index contributed by atoms with van der Waals surface area (Å²) in [5, 5.41) is 0. The Kier molecular flexibility index (Phi) is 17.6. The molecule has 0 fully saturated rings. The molecule has 160 valence electrons. The molecule has 0 aromatic carbocycles. The van der Waals surface area contributed by atoms with E-state index in [0.29, 0.717) is 25.6 Å². The molecule has 0 radical (unpaired) electrons. The zero-order valence-electron chi connectivity index (χ0n) is 18.4. The zero-order valence-corrected chi connectivity index (χ0v) is 18.4. The highest BCUT2D eigenvalue weighted by Crippen LogP contribution is 2.21. The first-order valence-corrected chi connectivity index (χ1v) is 11.3. The van der Waals surface area contributed by atoms with Crippen LogP contribution >= 0.6 is 0 Å². The third-order valence-electron chi connectivity index (χ3n) is 5.01. The number of ether oxygens (including phenoxy) is 2. The Bertz CT molecular complexity index is 365. The predicted octanol–water partition coefficient (Wildman–Crippen LogP) is 6.46. The molecule has 1 unspecified atom stereocenters. The van der Waals surface area contributed by atoms with Crippen LogP contribution in [0.3, 0.4) is 0 Å². The maximum Gasteiger partial charge on any atom is 0.309 e. The maximum atomic E-state index is 12.2. The molecular weight excluding hydrogens is 340 g/mol. The monoisotopic (exact) mass is 384 g/mol. The van der Waals surface area contributed by atoms with Crippen LogP contribution in [0, 0.1) is 11.8 Å². The van der Waals surface area contributed by atoms with Gasteiger partial charge in [-0.2, -0.15) is 0 Å². The highest BCUT2D eigenvalue weighted by atomic mass is 16.5. The second-order valence-electron chi connectivity index (χ2n) is 7.96. The van der Waals surface area contributed by atoms with Gasteiger partial charge in [-0.1, -0.05) is 79.1 Å². The molecule has 0 bridgehead atoms. The fourth-order valence-electron chi connectivity index (χ4n) is 3.07. The van der Waals surface area contributed by atoms with Crippen molar-refractivity contribution in [1.82, 2.24) is 0 Å². The first kappa shape index (κ1) is 25.9. The maximum absolute atomic E-state index is 12.2. The summed E-state index contributed by atoms with van der Waals surface area (Å²) in [6.07, 6.45) is 13.4. The number of rotatable bonds is 18. The lowest BCUT2D eigenvalue weighted by Gasteiger charge is -2.19. The predicted molar refractivity (Wildman–Crippen MR) is 112 cm³/mol. The van der Waals surface area contributed by atoms with Crippen molar-refractivity contribution in [3.05, 3.63) is 0 Å². The Morgan fingerprint density at radius 3 is 1.78 bits per heavy atom. The van der Waals surface area contributed by atoms with E-state index in [4.69, 9.17) is 9.47 Å². The average molecular weight is 385 g/mol. The molecule has 0 saturated heterocycles. The van der Waals surface area contributed by atoms with E-state index in [-0.39, 0.29) is 17.9 Å². The molecule has 0 aliphatic heterocycles. The molecule has 0 saturated carbocycles. The van der Waals surface area contributed by atoms with E-state index >= 15 is 0 Å². The van der Waals surface area contributed by atoms with Gasteiger partial charge in [0.1, 0.15) is 0 Å². The molecule has 0 spiro atoms. The minimum Gasteiger partial charge on any atom is -0.466 e. The molecular formula is C23H44O4. The molecule has 0 aliphatic rings. The number of carbonyl (C=O) groups is 2. The van der Waals surface area contributed by atoms with Crippen LogP contribution in [0.25, 0.3) is 0 Å². The topological polar surface area (TPSA) is 52.6 Å². The third kappa shape index (κ3) is 15.7. The van der Waals surface area contributed by atoms with Crippen molar-refractivity contribution in [3.63, 3.8) is 0 Å². The highest BCUT2D eigenvalue weighted by molar-refractivity contribution is 5.72. The van der Waals surface area contributed by atoms with Crippen molar-refractivity contribution < 1.29 is 19.1 Å². The summed E-state index contributed by atoms with van der Waals surface area (Å²) in [5.41, 5.74) is 0. The summed E-state index contributed by atoms with van der Waals surface area (Å²) in [6.45, 7) is 9.55. The van der Waals surface area contributed by atoms with Crippen LogP contribution in [0.4, 0.5) is 0 Å². The van der Waals surface area contributed by atoms with Crippen molar-refractivity contribution >= 4 is 11.9 Å². The van der Waals surface area contributed by atoms with Gasteiger partial charge in [0.15, 0.2) is 0 Å². The molecule has 4 heteroatoms. The third-order valence-corrected chi connectivity index (χ3v) is 5.01. The normalized spacial score (nSPS) is 12.2. The Morgan fingerprint density at radius 1 is 0.704 bits per heavy atom. The van der Waals surface area contributed by atoms with Gasteiger partial charge in [-0.15, -0.1) is 0 Å². The van der Waals surface area contributed by atoms with E-state index in [9.17, 15) is 9.59 Å². The van der Waals surface area contributed by atoms with E-state index < -0.39 is 0 Å². The van der Waals surface area contributed by atoms with E-state index in [1.807, 2.05) is 0 Å². The van der Waals surface area contributed by atoms with Crippen molar-refractivity contribution in [2.24, 2.45) is 11.8 Å². The van der Waals surface area contributed by atoms with Crippen LogP contribution in [0.5, 0.6) is 0 Å². The lowest BCUT2D eigenvalue weighted by atomic mass is 9.90. The highest BCUT2D eigenvalue weighted by Gasteiger charge is 2.22. The first-order chi connectivity index (χ1) is 13.0. The van der Waals surface area contributed by atoms with Gasteiger partial charge >= 0.3 is 11.9 Å². The molecule has 1 atom stereocenters. The van der Waals surface area contributed by atoms with Crippen molar-refractivity contribution in [2.45, 2.75) is 111 Å². The second-order valence-corrected chi connectivity index (χ2v) is 7.96. The van der Waals surface area contributed by atoms with Crippen LogP contribution < -0.4 is 0 Å². The SMILES string of the molecule is CCCCOC(=O)CCCCCCCCCC(C(=O)OCCCC)C(C)C. The molecule has 0 aromatic rings. The second kappa shape index (κ2) is 18.3. The van der Waals surface area contributed by atoms with E-state index in [0.717, 1.165) is 51.4 Å². The summed E-state index contributed by atoms with van der Waals surface area (Å²) >= 11 is 0. The van der Waals surface area contributed by atoms with Crippen molar-refractivity contribution in [1.29, 1.82) is 0 Å². The first-order valence-electron chi connectivity index (χ1n) is 11.3. The van der Waals surface area contributed by atoms with Gasteiger partial charge < -0.3 is 9.47 Å². The Labute approximate surface area is 167 Å². The minimum atomic E-state index is -0.0472. The molecule has 0 aliphatic carbocycles. The van der Waals surface area contributed by atoms with Crippen LogP contribution in [0.2, 0.25) is 0 Å². The van der Waals surface area contributed by atoms with E-state index in [1.165, 1.54) is 25.7 Å². The molecule has 0 heterocycles. The Balaban J connectivity index is 3.62. The van der Waals surface area contributed by atoms with Gasteiger partial charge in [-0.05, 0) is 31.6 Å². The largest absolute Gasteiger partial charge is 0.466 e. The van der Waals surface area contributed by atoms with Crippen molar-refractivity contribution in [3.8, 4) is 0 Å². The van der Waals surface area contributed by atoms with Crippen LogP contribution in [0.1, 0.15) is 111 Å². The summed E-state index contributed by atoms with van der Waals surface area (Å²) in [7, 11) is 0. The summed E-state index contributed by atoms with van der Waals surface area (Å²) in [5.74, 6) is 0.329. The van der Waals surface area contributed by atoms with E-state index in [1.54, 1.807) is 0 Å². The van der Waals surface area contributed by atoms with Crippen LogP contribution in [-0.4, -0.2) is 25.2 Å². The summed E-state index contributed by atoms with van der Waals surface area (Å²) in [4.78, 5) is 23.7. The fraction of sp³-hybridized carbons (Fsp3) is 0.913. The number of hydrogen-bond donors (Lipinski definition) is 0. The smallest absolute Gasteiger partial charge is 0.309 e. The lowest BCUT2D eigenvalue weighted by molar-refractivity contribution is -0.150. The zero-order chi connectivity index (χ0) is 20.3. The molecule has 0 amide bonds.